The molecule has 24 heavy (non-hydrogen) atoms. The van der Waals surface area contributed by atoms with Crippen molar-refractivity contribution in [1.82, 2.24) is 14.8 Å². The van der Waals surface area contributed by atoms with Crippen molar-refractivity contribution < 1.29 is 22.7 Å². The number of carboxylic acids is 1. The molecular weight excluding hydrogens is 337 g/mol. The SMILES string of the molecule is O=C(O)C1(S(=O)(=O)c2nc3n(n2)[C@H](c2ccccc2)C[C@@H]3F)CC1. The first-order valence-corrected chi connectivity index (χ1v) is 8.98. The third-order valence-corrected chi connectivity index (χ3v) is 6.94. The average Bonchev–Trinajstić information content (AvgIpc) is 3.18. The van der Waals surface area contributed by atoms with Crippen LogP contribution in [0, 0.1) is 0 Å². The monoisotopic (exact) mass is 351 g/mol. The largest absolute Gasteiger partial charge is 0.480 e. The van der Waals surface area contributed by atoms with Gasteiger partial charge in [0, 0.05) is 6.42 Å². The summed E-state index contributed by atoms with van der Waals surface area (Å²) in [7, 11) is -4.24. The summed E-state index contributed by atoms with van der Waals surface area (Å²) in [5.41, 5.74) is 0.798. The molecule has 0 amide bonds. The molecule has 1 aliphatic heterocycles. The van der Waals surface area contributed by atoms with Gasteiger partial charge in [0.2, 0.25) is 9.84 Å². The van der Waals surface area contributed by atoms with Crippen molar-refractivity contribution in [2.75, 3.05) is 0 Å². The Hall–Kier alpha value is -2.29. The molecule has 0 saturated heterocycles. The lowest BCUT2D eigenvalue weighted by Crippen LogP contribution is -2.33. The predicted molar refractivity (Wildman–Crippen MR) is 79.9 cm³/mol. The number of sulfone groups is 1. The van der Waals surface area contributed by atoms with Crippen LogP contribution < -0.4 is 0 Å². The third-order valence-electron chi connectivity index (χ3n) is 4.68. The number of carbonyl (C=O) groups is 1. The minimum Gasteiger partial charge on any atom is -0.480 e. The van der Waals surface area contributed by atoms with E-state index in [9.17, 15) is 22.7 Å². The summed E-state index contributed by atoms with van der Waals surface area (Å²) >= 11 is 0. The molecule has 0 radical (unpaired) electrons. The fourth-order valence-electron chi connectivity index (χ4n) is 3.11. The highest BCUT2D eigenvalue weighted by Crippen LogP contribution is 2.47. The molecule has 1 aromatic heterocycles. The number of rotatable bonds is 4. The highest BCUT2D eigenvalue weighted by atomic mass is 32.2. The Morgan fingerprint density at radius 2 is 1.96 bits per heavy atom. The minimum atomic E-state index is -4.24. The maximum Gasteiger partial charge on any atom is 0.325 e. The van der Waals surface area contributed by atoms with Gasteiger partial charge in [-0.1, -0.05) is 30.3 Å². The molecule has 2 aromatic rings. The van der Waals surface area contributed by atoms with Crippen LogP contribution in [0.2, 0.25) is 0 Å². The number of nitrogens with zero attached hydrogens (tertiary/aromatic N) is 3. The standard InChI is InChI=1S/C15H14FN3O4S/c16-10-8-11(9-4-2-1-3-5-9)19-12(10)17-14(18-19)24(22,23)15(6-7-15)13(20)21/h1-5,10-11H,6-8H2,(H,20,21)/t10-,11-/m0/s1. The molecule has 2 aliphatic rings. The third kappa shape index (κ3) is 1.94. The molecule has 1 fully saturated rings. The first-order chi connectivity index (χ1) is 11.4. The number of fused-ring (bicyclic) bond motifs is 1. The highest BCUT2D eigenvalue weighted by Gasteiger charge is 2.63. The smallest absolute Gasteiger partial charge is 0.325 e. The Balaban J connectivity index is 1.78. The summed E-state index contributed by atoms with van der Waals surface area (Å²) in [4.78, 5) is 15.1. The topological polar surface area (TPSA) is 102 Å². The molecule has 0 unspecified atom stereocenters. The Morgan fingerprint density at radius 3 is 2.54 bits per heavy atom. The highest BCUT2D eigenvalue weighted by molar-refractivity contribution is 7.93. The van der Waals surface area contributed by atoms with E-state index in [1.165, 1.54) is 4.68 Å². The number of aromatic nitrogens is 3. The van der Waals surface area contributed by atoms with Crippen LogP contribution >= 0.6 is 0 Å². The molecule has 1 aliphatic carbocycles. The molecule has 1 aromatic carbocycles. The predicted octanol–water partition coefficient (Wildman–Crippen LogP) is 1.67. The summed E-state index contributed by atoms with van der Waals surface area (Å²) in [6, 6.07) is 8.60. The molecule has 126 valence electrons. The fourth-order valence-corrected chi connectivity index (χ4v) is 4.74. The van der Waals surface area contributed by atoms with E-state index in [0.717, 1.165) is 5.56 Å². The summed E-state index contributed by atoms with van der Waals surface area (Å²) < 4.78 is 38.8. The number of hydrogen-bond acceptors (Lipinski definition) is 5. The molecule has 9 heteroatoms. The lowest BCUT2D eigenvalue weighted by molar-refractivity contribution is -0.137. The number of aliphatic carboxylic acids is 1. The molecule has 0 spiro atoms. The number of halogens is 1. The molecular formula is C15H14FN3O4S. The quantitative estimate of drug-likeness (QED) is 0.899. The Kier molecular flexibility index (Phi) is 3.08. The van der Waals surface area contributed by atoms with Gasteiger partial charge < -0.3 is 5.11 Å². The normalized spacial score (nSPS) is 24.5. The van der Waals surface area contributed by atoms with Gasteiger partial charge in [0.05, 0.1) is 6.04 Å². The summed E-state index contributed by atoms with van der Waals surface area (Å²) in [5, 5.41) is 12.6. The van der Waals surface area contributed by atoms with Crippen LogP contribution in [0.5, 0.6) is 0 Å². The van der Waals surface area contributed by atoms with Crippen molar-refractivity contribution >= 4 is 15.8 Å². The van der Waals surface area contributed by atoms with Gasteiger partial charge in [-0.3, -0.25) is 4.79 Å². The average molecular weight is 351 g/mol. The second kappa shape index (κ2) is 4.85. The Bertz CT molecular complexity index is 921. The molecule has 4 rings (SSSR count). The van der Waals surface area contributed by atoms with E-state index in [4.69, 9.17) is 0 Å². The van der Waals surface area contributed by atoms with E-state index < -0.39 is 37.9 Å². The van der Waals surface area contributed by atoms with E-state index >= 15 is 0 Å². The number of carboxylic acid groups (broad SMARTS) is 1. The van der Waals surface area contributed by atoms with E-state index in [-0.39, 0.29) is 25.1 Å². The maximum atomic E-state index is 14.3. The van der Waals surface area contributed by atoms with Gasteiger partial charge in [-0.05, 0) is 18.4 Å². The Labute approximate surface area is 137 Å². The van der Waals surface area contributed by atoms with Gasteiger partial charge in [0.25, 0.3) is 5.16 Å². The zero-order valence-electron chi connectivity index (χ0n) is 12.5. The zero-order valence-corrected chi connectivity index (χ0v) is 13.3. The first kappa shape index (κ1) is 15.3. The van der Waals surface area contributed by atoms with Crippen molar-refractivity contribution in [3.8, 4) is 0 Å². The summed E-state index contributed by atoms with van der Waals surface area (Å²) in [5.74, 6) is -1.47. The minimum absolute atomic E-state index is 0.0235. The van der Waals surface area contributed by atoms with Crippen LogP contribution in [0.3, 0.4) is 0 Å². The van der Waals surface area contributed by atoms with Crippen LogP contribution in [-0.4, -0.2) is 39.0 Å². The zero-order chi connectivity index (χ0) is 17.1. The second-order valence-corrected chi connectivity index (χ2v) is 8.28. The van der Waals surface area contributed by atoms with Crippen molar-refractivity contribution in [3.05, 3.63) is 41.7 Å². The molecule has 1 N–H and O–H groups in total. The van der Waals surface area contributed by atoms with E-state index in [1.807, 2.05) is 18.2 Å². The summed E-state index contributed by atoms with van der Waals surface area (Å²) in [6.07, 6.45) is -1.26. The Morgan fingerprint density at radius 1 is 1.29 bits per heavy atom. The van der Waals surface area contributed by atoms with E-state index in [2.05, 4.69) is 10.1 Å². The van der Waals surface area contributed by atoms with Crippen LogP contribution in [0.1, 0.15) is 42.9 Å². The van der Waals surface area contributed by atoms with Gasteiger partial charge in [-0.2, -0.15) is 4.98 Å². The molecule has 7 nitrogen and oxygen atoms in total. The van der Waals surface area contributed by atoms with Gasteiger partial charge >= 0.3 is 5.97 Å². The lowest BCUT2D eigenvalue weighted by Gasteiger charge is -2.12. The van der Waals surface area contributed by atoms with Crippen molar-refractivity contribution in [2.45, 2.75) is 41.4 Å². The second-order valence-electron chi connectivity index (χ2n) is 6.13. The van der Waals surface area contributed by atoms with E-state index in [1.54, 1.807) is 12.1 Å². The summed E-state index contributed by atoms with van der Waals surface area (Å²) in [6.45, 7) is 0. The fraction of sp³-hybridized carbons (Fsp3) is 0.400. The first-order valence-electron chi connectivity index (χ1n) is 7.50. The molecule has 2 heterocycles. The van der Waals surface area contributed by atoms with Crippen molar-refractivity contribution in [1.29, 1.82) is 0 Å². The van der Waals surface area contributed by atoms with Crippen LogP contribution in [-0.2, 0) is 14.6 Å². The van der Waals surface area contributed by atoms with Gasteiger partial charge in [0.1, 0.15) is 0 Å². The molecule has 2 atom stereocenters. The number of benzene rings is 1. The molecule has 1 saturated carbocycles. The van der Waals surface area contributed by atoms with Crippen LogP contribution in [0.4, 0.5) is 4.39 Å². The van der Waals surface area contributed by atoms with Gasteiger partial charge in [-0.15, -0.1) is 5.10 Å². The maximum absolute atomic E-state index is 14.3. The van der Waals surface area contributed by atoms with Crippen LogP contribution in [0.25, 0.3) is 0 Å². The number of alkyl halides is 1. The van der Waals surface area contributed by atoms with Crippen molar-refractivity contribution in [2.24, 2.45) is 0 Å². The lowest BCUT2D eigenvalue weighted by atomic mass is 10.0. The molecule has 0 bridgehead atoms. The van der Waals surface area contributed by atoms with Crippen molar-refractivity contribution in [3.63, 3.8) is 0 Å². The van der Waals surface area contributed by atoms with Gasteiger partial charge in [-0.25, -0.2) is 17.5 Å². The van der Waals surface area contributed by atoms with Gasteiger partial charge in [0.15, 0.2) is 16.7 Å². The number of hydrogen-bond donors (Lipinski definition) is 1. The van der Waals surface area contributed by atoms with E-state index in [0.29, 0.717) is 0 Å². The van der Waals surface area contributed by atoms with Crippen LogP contribution in [0.15, 0.2) is 35.5 Å².